The highest BCUT2D eigenvalue weighted by Gasteiger charge is 2.31. The molecule has 170 valence electrons. The van der Waals surface area contributed by atoms with E-state index >= 15 is 0 Å². The maximum Gasteiger partial charge on any atom is 0.407 e. The van der Waals surface area contributed by atoms with Crippen LogP contribution in [-0.2, 0) is 23.1 Å². The van der Waals surface area contributed by atoms with Crippen LogP contribution in [0.4, 0.5) is 10.6 Å². The zero-order chi connectivity index (χ0) is 23.3. The minimum absolute atomic E-state index is 0.245. The van der Waals surface area contributed by atoms with E-state index in [1.54, 1.807) is 7.05 Å². The van der Waals surface area contributed by atoms with E-state index in [9.17, 15) is 4.79 Å². The van der Waals surface area contributed by atoms with Crippen molar-refractivity contribution in [1.82, 2.24) is 24.8 Å². The summed E-state index contributed by atoms with van der Waals surface area (Å²) < 4.78 is 7.73. The fourth-order valence-corrected chi connectivity index (χ4v) is 4.52. The van der Waals surface area contributed by atoms with Crippen LogP contribution >= 0.6 is 0 Å². The summed E-state index contributed by atoms with van der Waals surface area (Å²) in [6.45, 7) is 6.72. The van der Waals surface area contributed by atoms with Gasteiger partial charge in [0.15, 0.2) is 0 Å². The molecular formula is C25H28N6O2. The summed E-state index contributed by atoms with van der Waals surface area (Å²) in [6.07, 6.45) is 2.66. The van der Waals surface area contributed by atoms with E-state index in [4.69, 9.17) is 15.5 Å². The van der Waals surface area contributed by atoms with Gasteiger partial charge in [-0.1, -0.05) is 39.0 Å². The smallest absolute Gasteiger partial charge is 0.407 e. The number of fused-ring (bicyclic) bond motifs is 4. The highest BCUT2D eigenvalue weighted by molar-refractivity contribution is 6.03. The quantitative estimate of drug-likeness (QED) is 0.480. The Kier molecular flexibility index (Phi) is 4.96. The summed E-state index contributed by atoms with van der Waals surface area (Å²) in [5.41, 5.74) is 11.1. The maximum atomic E-state index is 11.8. The average molecular weight is 445 g/mol. The SMILES string of the molecule is CNC(=O)O[C@@H]1CCc2c(-c3cnc4ccccc4c3)c3c(N)nc(C(C)(C)C)nc3n2C1. The number of hydrogen-bond acceptors (Lipinski definition) is 6. The predicted molar refractivity (Wildman–Crippen MR) is 129 cm³/mol. The van der Waals surface area contributed by atoms with E-state index in [1.807, 2.05) is 24.4 Å². The molecule has 1 aromatic carbocycles. The van der Waals surface area contributed by atoms with E-state index in [-0.39, 0.29) is 11.5 Å². The van der Waals surface area contributed by atoms with Crippen molar-refractivity contribution in [3.8, 4) is 11.1 Å². The molecule has 0 aliphatic carbocycles. The van der Waals surface area contributed by atoms with Gasteiger partial charge < -0.3 is 20.4 Å². The van der Waals surface area contributed by atoms with Gasteiger partial charge in [0.1, 0.15) is 23.4 Å². The normalized spacial score (nSPS) is 16.1. The van der Waals surface area contributed by atoms with Gasteiger partial charge in [-0.2, -0.15) is 0 Å². The monoisotopic (exact) mass is 444 g/mol. The molecule has 4 heterocycles. The third-order valence-electron chi connectivity index (χ3n) is 6.16. The Bertz CT molecular complexity index is 1390. The van der Waals surface area contributed by atoms with Crippen LogP contribution in [0.5, 0.6) is 0 Å². The van der Waals surface area contributed by atoms with Gasteiger partial charge in [0.2, 0.25) is 0 Å². The minimum atomic E-state index is -0.427. The minimum Gasteiger partial charge on any atom is -0.444 e. The van der Waals surface area contributed by atoms with Gasteiger partial charge in [-0.3, -0.25) is 4.98 Å². The van der Waals surface area contributed by atoms with Crippen molar-refractivity contribution < 1.29 is 9.53 Å². The number of anilines is 1. The van der Waals surface area contributed by atoms with Crippen molar-refractivity contribution in [2.75, 3.05) is 12.8 Å². The molecule has 0 spiro atoms. The van der Waals surface area contributed by atoms with Crippen LogP contribution in [0.15, 0.2) is 36.5 Å². The molecule has 33 heavy (non-hydrogen) atoms. The second kappa shape index (κ2) is 7.72. The highest BCUT2D eigenvalue weighted by atomic mass is 16.6. The largest absolute Gasteiger partial charge is 0.444 e. The molecule has 5 rings (SSSR count). The number of rotatable bonds is 2. The van der Waals surface area contributed by atoms with Crippen LogP contribution in [0.25, 0.3) is 33.1 Å². The number of pyridine rings is 1. The van der Waals surface area contributed by atoms with Crippen LogP contribution in [0.2, 0.25) is 0 Å². The number of hydrogen-bond donors (Lipinski definition) is 2. The number of carbonyl (C=O) groups excluding carboxylic acids is 1. The number of benzene rings is 1. The molecule has 0 saturated heterocycles. The molecule has 0 bridgehead atoms. The van der Waals surface area contributed by atoms with Crippen LogP contribution in [-0.4, -0.2) is 38.8 Å². The summed E-state index contributed by atoms with van der Waals surface area (Å²) in [7, 11) is 1.57. The fourth-order valence-electron chi connectivity index (χ4n) is 4.52. The molecule has 0 radical (unpaired) electrons. The lowest BCUT2D eigenvalue weighted by Crippen LogP contribution is -2.33. The maximum absolute atomic E-state index is 11.8. The van der Waals surface area contributed by atoms with Crippen LogP contribution in [0.3, 0.4) is 0 Å². The van der Waals surface area contributed by atoms with Crippen molar-refractivity contribution in [2.24, 2.45) is 0 Å². The van der Waals surface area contributed by atoms with E-state index in [1.165, 1.54) is 0 Å². The first-order chi connectivity index (χ1) is 15.8. The van der Waals surface area contributed by atoms with E-state index < -0.39 is 6.09 Å². The number of nitrogen functional groups attached to an aromatic ring is 1. The second-order valence-electron chi connectivity index (χ2n) is 9.55. The predicted octanol–water partition coefficient (Wildman–Crippen LogP) is 4.20. The molecule has 1 amide bonds. The van der Waals surface area contributed by atoms with Crippen molar-refractivity contribution in [3.05, 3.63) is 48.0 Å². The molecule has 3 N–H and O–H groups in total. The van der Waals surface area contributed by atoms with Gasteiger partial charge in [-0.15, -0.1) is 0 Å². The molecule has 8 nitrogen and oxygen atoms in total. The number of nitrogens with zero attached hydrogens (tertiary/aromatic N) is 4. The molecule has 0 unspecified atom stereocenters. The van der Waals surface area contributed by atoms with Crippen LogP contribution < -0.4 is 11.1 Å². The van der Waals surface area contributed by atoms with Crippen molar-refractivity contribution in [3.63, 3.8) is 0 Å². The van der Waals surface area contributed by atoms with Gasteiger partial charge in [0.05, 0.1) is 17.4 Å². The summed E-state index contributed by atoms with van der Waals surface area (Å²) in [4.78, 5) is 26.2. The Hall–Kier alpha value is -3.68. The van der Waals surface area contributed by atoms with Gasteiger partial charge >= 0.3 is 6.09 Å². The number of para-hydroxylation sites is 1. The van der Waals surface area contributed by atoms with Gasteiger partial charge in [0, 0.05) is 40.9 Å². The third-order valence-corrected chi connectivity index (χ3v) is 6.16. The van der Waals surface area contributed by atoms with Crippen molar-refractivity contribution in [1.29, 1.82) is 0 Å². The van der Waals surface area contributed by atoms with Gasteiger partial charge in [-0.05, 0) is 25.0 Å². The summed E-state index contributed by atoms with van der Waals surface area (Å²) in [6, 6.07) is 10.2. The standard InChI is InChI=1S/C25H28N6O2/c1-25(2,3)23-29-21(26)20-19(15-11-14-7-5-6-8-17(14)28-12-15)18-10-9-16(33-24(32)27-4)13-31(18)22(20)30-23/h5-8,11-12,16H,9-10,13H2,1-4H3,(H,27,32)(H2,26,29,30)/t16-/m1/s1. The second-order valence-corrected chi connectivity index (χ2v) is 9.55. The summed E-state index contributed by atoms with van der Waals surface area (Å²) in [5.74, 6) is 1.14. The Morgan fingerprint density at radius 1 is 1.24 bits per heavy atom. The summed E-state index contributed by atoms with van der Waals surface area (Å²) >= 11 is 0. The van der Waals surface area contributed by atoms with Crippen molar-refractivity contribution in [2.45, 2.75) is 51.7 Å². The number of aromatic nitrogens is 4. The number of nitrogens with two attached hydrogens (primary N) is 1. The van der Waals surface area contributed by atoms with Gasteiger partial charge in [-0.25, -0.2) is 14.8 Å². The average Bonchev–Trinajstić information content (AvgIpc) is 3.12. The Morgan fingerprint density at radius 2 is 2.03 bits per heavy atom. The van der Waals surface area contributed by atoms with Crippen LogP contribution in [0, 0.1) is 0 Å². The first-order valence-corrected chi connectivity index (χ1v) is 11.2. The molecule has 8 heteroatoms. The van der Waals surface area contributed by atoms with Crippen LogP contribution in [0.1, 0.15) is 38.7 Å². The Morgan fingerprint density at radius 3 is 2.79 bits per heavy atom. The number of carbonyl (C=O) groups is 1. The van der Waals surface area contributed by atoms with E-state index in [0.717, 1.165) is 51.6 Å². The lowest BCUT2D eigenvalue weighted by molar-refractivity contribution is 0.0780. The molecule has 0 fully saturated rings. The molecule has 0 saturated carbocycles. The lowest BCUT2D eigenvalue weighted by atomic mass is 9.95. The molecule has 3 aromatic heterocycles. The van der Waals surface area contributed by atoms with E-state index in [2.05, 4.69) is 52.8 Å². The molecule has 1 aliphatic heterocycles. The third kappa shape index (κ3) is 3.65. The molecule has 4 aromatic rings. The molecular weight excluding hydrogens is 416 g/mol. The number of alkyl carbamates (subject to hydrolysis) is 1. The highest BCUT2D eigenvalue weighted by Crippen LogP contribution is 2.41. The number of amides is 1. The van der Waals surface area contributed by atoms with Gasteiger partial charge in [0.25, 0.3) is 0 Å². The zero-order valence-corrected chi connectivity index (χ0v) is 19.3. The van der Waals surface area contributed by atoms with E-state index in [0.29, 0.717) is 18.2 Å². The number of ether oxygens (including phenoxy) is 1. The molecule has 1 atom stereocenters. The molecule has 1 aliphatic rings. The Balaban J connectivity index is 1.75. The summed E-state index contributed by atoms with van der Waals surface area (Å²) in [5, 5.41) is 4.43. The Labute approximate surface area is 192 Å². The first-order valence-electron chi connectivity index (χ1n) is 11.2. The van der Waals surface area contributed by atoms with Crippen molar-refractivity contribution >= 4 is 33.8 Å². The fraction of sp³-hybridized carbons (Fsp3) is 0.360. The first kappa shape index (κ1) is 21.2. The number of nitrogens with one attached hydrogen (secondary N) is 1. The lowest BCUT2D eigenvalue weighted by Gasteiger charge is -2.25. The topological polar surface area (TPSA) is 108 Å². The zero-order valence-electron chi connectivity index (χ0n) is 19.3.